The zero-order chi connectivity index (χ0) is 19.3. The number of amides is 2. The van der Waals surface area contributed by atoms with E-state index >= 15 is 0 Å². The molecule has 1 unspecified atom stereocenters. The number of carbonyl (C=O) groups is 2. The molecule has 1 N–H and O–H groups in total. The van der Waals surface area contributed by atoms with Crippen LogP contribution in [0.2, 0.25) is 0 Å². The Morgan fingerprint density at radius 2 is 1.82 bits per heavy atom. The molecule has 6 heteroatoms. The van der Waals surface area contributed by atoms with E-state index in [1.807, 2.05) is 41.8 Å². The number of benzene rings is 1. The maximum atomic E-state index is 13.0. The minimum absolute atomic E-state index is 0.0464. The van der Waals surface area contributed by atoms with E-state index in [-0.39, 0.29) is 23.8 Å². The third-order valence-electron chi connectivity index (χ3n) is 5.18. The van der Waals surface area contributed by atoms with E-state index in [0.29, 0.717) is 31.7 Å². The van der Waals surface area contributed by atoms with Gasteiger partial charge in [-0.3, -0.25) is 9.59 Å². The van der Waals surface area contributed by atoms with Crippen LogP contribution in [0.5, 0.6) is 0 Å². The lowest BCUT2D eigenvalue weighted by Crippen LogP contribution is -2.43. The summed E-state index contributed by atoms with van der Waals surface area (Å²) in [5.74, 6) is 0.199. The normalized spacial score (nSPS) is 15.9. The molecule has 3 aromatic rings. The average Bonchev–Trinajstić information content (AvgIpc) is 3.46. The topological polar surface area (TPSA) is 62.6 Å². The Morgan fingerprint density at radius 3 is 2.46 bits per heavy atom. The Balaban J connectivity index is 1.40. The molecule has 1 aromatic carbocycles. The van der Waals surface area contributed by atoms with Crippen LogP contribution in [0, 0.1) is 5.92 Å². The Hall–Kier alpha value is -2.86. The fraction of sp³-hybridized carbons (Fsp3) is 0.273. The minimum Gasteiger partial charge on any atom is -0.459 e. The summed E-state index contributed by atoms with van der Waals surface area (Å²) < 4.78 is 5.20. The van der Waals surface area contributed by atoms with Gasteiger partial charge in [-0.05, 0) is 52.9 Å². The van der Waals surface area contributed by atoms with Crippen LogP contribution in [0.4, 0.5) is 0 Å². The molecule has 0 aliphatic carbocycles. The average molecular weight is 394 g/mol. The van der Waals surface area contributed by atoms with Gasteiger partial charge in [0.15, 0.2) is 5.76 Å². The van der Waals surface area contributed by atoms with Crippen molar-refractivity contribution >= 4 is 23.2 Å². The Bertz CT molecular complexity index is 899. The number of nitrogens with one attached hydrogen (secondary N) is 1. The maximum Gasteiger partial charge on any atom is 0.289 e. The summed E-state index contributed by atoms with van der Waals surface area (Å²) in [4.78, 5) is 27.1. The number of furan rings is 1. The Kier molecular flexibility index (Phi) is 5.58. The highest BCUT2D eigenvalue weighted by atomic mass is 32.1. The number of thiophene rings is 1. The first kappa shape index (κ1) is 18.5. The number of hydrogen-bond acceptors (Lipinski definition) is 4. The first-order valence-corrected chi connectivity index (χ1v) is 10.4. The minimum atomic E-state index is -0.150. The second-order valence-electron chi connectivity index (χ2n) is 6.95. The molecule has 5 nitrogen and oxygen atoms in total. The standard InChI is InChI=1S/C22H22N2O3S/c25-21(17-8-11-24(12-9-17)22(26)19-7-4-13-27-19)23-20(18-10-14-28-15-18)16-5-2-1-3-6-16/h1-7,10,13-15,17,20H,8-9,11-12H2,(H,23,25). The molecule has 1 saturated heterocycles. The molecule has 1 fully saturated rings. The molecule has 0 radical (unpaired) electrons. The first-order valence-electron chi connectivity index (χ1n) is 9.42. The first-order chi connectivity index (χ1) is 13.7. The summed E-state index contributed by atoms with van der Waals surface area (Å²) in [5, 5.41) is 7.32. The highest BCUT2D eigenvalue weighted by molar-refractivity contribution is 7.08. The van der Waals surface area contributed by atoms with Gasteiger partial charge in [-0.25, -0.2) is 0 Å². The van der Waals surface area contributed by atoms with Gasteiger partial charge in [0.25, 0.3) is 5.91 Å². The van der Waals surface area contributed by atoms with Gasteiger partial charge < -0.3 is 14.6 Å². The van der Waals surface area contributed by atoms with Gasteiger partial charge in [-0.15, -0.1) is 0 Å². The lowest BCUT2D eigenvalue weighted by molar-refractivity contribution is -0.126. The summed E-state index contributed by atoms with van der Waals surface area (Å²) in [5.41, 5.74) is 2.16. The molecular formula is C22H22N2O3S. The molecule has 0 spiro atoms. The van der Waals surface area contributed by atoms with Crippen molar-refractivity contribution in [1.29, 1.82) is 0 Å². The van der Waals surface area contributed by atoms with Crippen LogP contribution in [-0.4, -0.2) is 29.8 Å². The summed E-state index contributed by atoms with van der Waals surface area (Å²) in [6.45, 7) is 1.12. The van der Waals surface area contributed by atoms with Crippen molar-refractivity contribution in [2.24, 2.45) is 5.92 Å². The van der Waals surface area contributed by atoms with Crippen LogP contribution in [0.1, 0.15) is 40.6 Å². The number of carbonyl (C=O) groups excluding carboxylic acids is 2. The quantitative estimate of drug-likeness (QED) is 0.709. The summed E-state index contributed by atoms with van der Waals surface area (Å²) >= 11 is 1.62. The monoisotopic (exact) mass is 394 g/mol. The van der Waals surface area contributed by atoms with Gasteiger partial charge in [0, 0.05) is 19.0 Å². The van der Waals surface area contributed by atoms with Gasteiger partial charge in [-0.2, -0.15) is 11.3 Å². The van der Waals surface area contributed by atoms with Crippen molar-refractivity contribution < 1.29 is 14.0 Å². The van der Waals surface area contributed by atoms with Crippen LogP contribution >= 0.6 is 11.3 Å². The molecule has 144 valence electrons. The van der Waals surface area contributed by atoms with E-state index in [2.05, 4.69) is 10.7 Å². The molecule has 1 atom stereocenters. The van der Waals surface area contributed by atoms with E-state index in [1.54, 1.807) is 28.4 Å². The van der Waals surface area contributed by atoms with Crippen molar-refractivity contribution in [3.63, 3.8) is 0 Å². The highest BCUT2D eigenvalue weighted by Crippen LogP contribution is 2.26. The SMILES string of the molecule is O=C(NC(c1ccccc1)c1ccsc1)C1CCN(C(=O)c2ccco2)CC1. The molecular weight excluding hydrogens is 372 g/mol. The third kappa shape index (κ3) is 4.02. The molecule has 28 heavy (non-hydrogen) atoms. The lowest BCUT2D eigenvalue weighted by Gasteiger charge is -2.31. The molecule has 3 heterocycles. The van der Waals surface area contributed by atoms with Crippen molar-refractivity contribution in [3.8, 4) is 0 Å². The number of nitrogens with zero attached hydrogens (tertiary/aromatic N) is 1. The van der Waals surface area contributed by atoms with Gasteiger partial charge in [0.2, 0.25) is 5.91 Å². The summed E-state index contributed by atoms with van der Waals surface area (Å²) in [6.07, 6.45) is 2.81. The number of rotatable bonds is 5. The predicted octanol–water partition coefficient (Wildman–Crippen LogP) is 4.10. The lowest BCUT2D eigenvalue weighted by atomic mass is 9.94. The zero-order valence-electron chi connectivity index (χ0n) is 15.4. The largest absolute Gasteiger partial charge is 0.459 e. The second kappa shape index (κ2) is 8.44. The highest BCUT2D eigenvalue weighted by Gasteiger charge is 2.30. The van der Waals surface area contributed by atoms with Crippen LogP contribution < -0.4 is 5.32 Å². The fourth-order valence-corrected chi connectivity index (χ4v) is 4.29. The molecule has 0 saturated carbocycles. The summed E-state index contributed by atoms with van der Waals surface area (Å²) in [7, 11) is 0. The van der Waals surface area contributed by atoms with Gasteiger partial charge in [0.1, 0.15) is 0 Å². The van der Waals surface area contributed by atoms with E-state index in [4.69, 9.17) is 4.42 Å². The summed E-state index contributed by atoms with van der Waals surface area (Å²) in [6, 6.07) is 15.3. The van der Waals surface area contributed by atoms with Gasteiger partial charge >= 0.3 is 0 Å². The third-order valence-corrected chi connectivity index (χ3v) is 5.88. The Labute approximate surface area is 168 Å². The van der Waals surface area contributed by atoms with Crippen molar-refractivity contribution in [2.45, 2.75) is 18.9 Å². The van der Waals surface area contributed by atoms with Crippen LogP contribution in [0.25, 0.3) is 0 Å². The van der Waals surface area contributed by atoms with Crippen molar-refractivity contribution in [3.05, 3.63) is 82.4 Å². The van der Waals surface area contributed by atoms with Crippen LogP contribution in [-0.2, 0) is 4.79 Å². The molecule has 1 aliphatic rings. The van der Waals surface area contributed by atoms with E-state index in [9.17, 15) is 9.59 Å². The number of likely N-dealkylation sites (tertiary alicyclic amines) is 1. The Morgan fingerprint density at radius 1 is 1.04 bits per heavy atom. The van der Waals surface area contributed by atoms with Gasteiger partial charge in [0.05, 0.1) is 12.3 Å². The fourth-order valence-electron chi connectivity index (χ4n) is 3.60. The van der Waals surface area contributed by atoms with E-state index in [1.165, 1.54) is 6.26 Å². The van der Waals surface area contributed by atoms with Crippen molar-refractivity contribution in [2.75, 3.05) is 13.1 Å². The molecule has 4 rings (SSSR count). The number of hydrogen-bond donors (Lipinski definition) is 1. The molecule has 2 amide bonds. The van der Waals surface area contributed by atoms with Crippen molar-refractivity contribution in [1.82, 2.24) is 10.2 Å². The molecule has 0 bridgehead atoms. The molecule has 1 aliphatic heterocycles. The van der Waals surface area contributed by atoms with Crippen LogP contribution in [0.15, 0.2) is 70.0 Å². The van der Waals surface area contributed by atoms with Gasteiger partial charge in [-0.1, -0.05) is 30.3 Å². The van der Waals surface area contributed by atoms with Crippen LogP contribution in [0.3, 0.4) is 0 Å². The zero-order valence-corrected chi connectivity index (χ0v) is 16.2. The second-order valence-corrected chi connectivity index (χ2v) is 7.73. The predicted molar refractivity (Wildman–Crippen MR) is 108 cm³/mol. The smallest absolute Gasteiger partial charge is 0.289 e. The van der Waals surface area contributed by atoms with E-state index < -0.39 is 0 Å². The number of piperidine rings is 1. The molecule has 2 aromatic heterocycles. The maximum absolute atomic E-state index is 13.0. The van der Waals surface area contributed by atoms with E-state index in [0.717, 1.165) is 11.1 Å².